The van der Waals surface area contributed by atoms with Gasteiger partial charge in [-0.2, -0.15) is 0 Å². The summed E-state index contributed by atoms with van der Waals surface area (Å²) in [6.45, 7) is 6.22. The lowest BCUT2D eigenvalue weighted by atomic mass is 10.1. The standard InChI is InChI=1S/C15H20N4O/c1-11-9-16-5-4-14(11)15-18-12(2)8-13(19-15)10-17-6-7-20-3/h4-5,8-9,17H,6-7,10H2,1-3H3. The third-order valence-electron chi connectivity index (χ3n) is 2.96. The Morgan fingerprint density at radius 2 is 2.10 bits per heavy atom. The second-order valence-electron chi connectivity index (χ2n) is 4.68. The van der Waals surface area contributed by atoms with E-state index in [1.54, 1.807) is 13.3 Å². The van der Waals surface area contributed by atoms with E-state index in [-0.39, 0.29) is 0 Å². The minimum atomic E-state index is 0.695. The van der Waals surface area contributed by atoms with E-state index in [0.29, 0.717) is 13.2 Å². The summed E-state index contributed by atoms with van der Waals surface area (Å²) in [4.78, 5) is 13.2. The quantitative estimate of drug-likeness (QED) is 0.814. The van der Waals surface area contributed by atoms with Crippen LogP contribution in [0.1, 0.15) is 17.0 Å². The minimum absolute atomic E-state index is 0.695. The van der Waals surface area contributed by atoms with Crippen LogP contribution >= 0.6 is 0 Å². The zero-order valence-corrected chi connectivity index (χ0v) is 12.2. The van der Waals surface area contributed by atoms with Crippen molar-refractivity contribution in [3.8, 4) is 11.4 Å². The molecule has 2 heterocycles. The number of aromatic nitrogens is 3. The second kappa shape index (κ2) is 7.07. The van der Waals surface area contributed by atoms with Gasteiger partial charge in [0, 0.05) is 43.9 Å². The Kier molecular flexibility index (Phi) is 5.15. The molecule has 2 aromatic heterocycles. The van der Waals surface area contributed by atoms with Crippen LogP contribution in [0.4, 0.5) is 0 Å². The topological polar surface area (TPSA) is 59.9 Å². The van der Waals surface area contributed by atoms with Crippen LogP contribution in [0, 0.1) is 13.8 Å². The molecule has 2 rings (SSSR count). The maximum absolute atomic E-state index is 5.01. The molecule has 0 saturated heterocycles. The highest BCUT2D eigenvalue weighted by molar-refractivity contribution is 5.58. The molecular weight excluding hydrogens is 252 g/mol. The number of rotatable bonds is 6. The normalized spacial score (nSPS) is 10.8. The molecule has 0 amide bonds. The molecule has 0 aliphatic carbocycles. The first-order valence-corrected chi connectivity index (χ1v) is 6.66. The van der Waals surface area contributed by atoms with E-state index in [9.17, 15) is 0 Å². The summed E-state index contributed by atoms with van der Waals surface area (Å²) in [5.41, 5.74) is 4.06. The Morgan fingerprint density at radius 3 is 2.85 bits per heavy atom. The van der Waals surface area contributed by atoms with E-state index in [0.717, 1.165) is 34.9 Å². The zero-order chi connectivity index (χ0) is 14.4. The Bertz CT molecular complexity index is 572. The average molecular weight is 272 g/mol. The van der Waals surface area contributed by atoms with E-state index in [1.807, 2.05) is 32.2 Å². The third kappa shape index (κ3) is 3.82. The van der Waals surface area contributed by atoms with Gasteiger partial charge in [0.1, 0.15) is 0 Å². The minimum Gasteiger partial charge on any atom is -0.383 e. The molecule has 20 heavy (non-hydrogen) atoms. The van der Waals surface area contributed by atoms with Gasteiger partial charge in [-0.3, -0.25) is 4.98 Å². The van der Waals surface area contributed by atoms with Gasteiger partial charge in [0.05, 0.1) is 12.3 Å². The summed E-state index contributed by atoms with van der Waals surface area (Å²) in [5.74, 6) is 0.758. The van der Waals surface area contributed by atoms with Gasteiger partial charge in [-0.25, -0.2) is 9.97 Å². The Hall–Kier alpha value is -1.85. The predicted molar refractivity (Wildman–Crippen MR) is 78.3 cm³/mol. The molecule has 0 radical (unpaired) electrons. The molecule has 0 bridgehead atoms. The van der Waals surface area contributed by atoms with E-state index in [4.69, 9.17) is 4.74 Å². The van der Waals surface area contributed by atoms with Crippen molar-refractivity contribution in [2.45, 2.75) is 20.4 Å². The lowest BCUT2D eigenvalue weighted by molar-refractivity contribution is 0.199. The fourth-order valence-electron chi connectivity index (χ4n) is 1.96. The van der Waals surface area contributed by atoms with Crippen LogP contribution in [0.5, 0.6) is 0 Å². The molecule has 0 saturated carbocycles. The van der Waals surface area contributed by atoms with Crippen molar-refractivity contribution in [1.29, 1.82) is 0 Å². The maximum Gasteiger partial charge on any atom is 0.160 e. The van der Waals surface area contributed by atoms with Crippen molar-refractivity contribution in [2.24, 2.45) is 0 Å². The van der Waals surface area contributed by atoms with Crippen LogP contribution in [0.3, 0.4) is 0 Å². The van der Waals surface area contributed by atoms with Crippen LogP contribution in [0.25, 0.3) is 11.4 Å². The van der Waals surface area contributed by atoms with Gasteiger partial charge < -0.3 is 10.1 Å². The molecule has 0 atom stereocenters. The van der Waals surface area contributed by atoms with Gasteiger partial charge in [0.25, 0.3) is 0 Å². The van der Waals surface area contributed by atoms with E-state index in [1.165, 1.54) is 0 Å². The molecule has 1 N–H and O–H groups in total. The SMILES string of the molecule is COCCNCc1cc(C)nc(-c2ccncc2C)n1. The maximum atomic E-state index is 5.01. The monoisotopic (exact) mass is 272 g/mol. The number of methoxy groups -OCH3 is 1. The Labute approximate surface area is 119 Å². The fraction of sp³-hybridized carbons (Fsp3) is 0.400. The number of hydrogen-bond donors (Lipinski definition) is 1. The van der Waals surface area contributed by atoms with Gasteiger partial charge in [-0.15, -0.1) is 0 Å². The number of aryl methyl sites for hydroxylation is 2. The van der Waals surface area contributed by atoms with Gasteiger partial charge in [-0.05, 0) is 31.5 Å². The Balaban J connectivity index is 2.18. The summed E-state index contributed by atoms with van der Waals surface area (Å²) in [7, 11) is 1.70. The highest BCUT2D eigenvalue weighted by Gasteiger charge is 2.07. The van der Waals surface area contributed by atoms with Crippen molar-refractivity contribution in [3.63, 3.8) is 0 Å². The molecule has 0 aliphatic heterocycles. The zero-order valence-electron chi connectivity index (χ0n) is 12.2. The van der Waals surface area contributed by atoms with Crippen molar-refractivity contribution in [3.05, 3.63) is 41.5 Å². The van der Waals surface area contributed by atoms with Gasteiger partial charge in [-0.1, -0.05) is 0 Å². The van der Waals surface area contributed by atoms with E-state index >= 15 is 0 Å². The lowest BCUT2D eigenvalue weighted by Gasteiger charge is -2.08. The lowest BCUT2D eigenvalue weighted by Crippen LogP contribution is -2.19. The third-order valence-corrected chi connectivity index (χ3v) is 2.96. The number of ether oxygens (including phenoxy) is 1. The number of nitrogens with one attached hydrogen (secondary N) is 1. The first-order chi connectivity index (χ1) is 9.70. The molecule has 106 valence electrons. The highest BCUT2D eigenvalue weighted by Crippen LogP contribution is 2.19. The van der Waals surface area contributed by atoms with Crippen molar-refractivity contribution in [1.82, 2.24) is 20.3 Å². The highest BCUT2D eigenvalue weighted by atomic mass is 16.5. The molecule has 5 nitrogen and oxygen atoms in total. The molecule has 5 heteroatoms. The summed E-state index contributed by atoms with van der Waals surface area (Å²) < 4.78 is 5.01. The second-order valence-corrected chi connectivity index (χ2v) is 4.68. The van der Waals surface area contributed by atoms with Crippen molar-refractivity contribution in [2.75, 3.05) is 20.3 Å². The molecule has 2 aromatic rings. The number of pyridine rings is 1. The number of nitrogens with zero attached hydrogens (tertiary/aromatic N) is 3. The molecule has 0 fully saturated rings. The fourth-order valence-corrected chi connectivity index (χ4v) is 1.96. The smallest absolute Gasteiger partial charge is 0.160 e. The van der Waals surface area contributed by atoms with E-state index < -0.39 is 0 Å². The molecular formula is C15H20N4O. The van der Waals surface area contributed by atoms with Crippen LogP contribution in [0.2, 0.25) is 0 Å². The van der Waals surface area contributed by atoms with Crippen LogP contribution in [-0.4, -0.2) is 35.2 Å². The van der Waals surface area contributed by atoms with Crippen LogP contribution < -0.4 is 5.32 Å². The molecule has 0 spiro atoms. The first kappa shape index (κ1) is 14.6. The van der Waals surface area contributed by atoms with E-state index in [2.05, 4.69) is 20.3 Å². The number of hydrogen-bond acceptors (Lipinski definition) is 5. The molecule has 0 aromatic carbocycles. The summed E-state index contributed by atoms with van der Waals surface area (Å²) >= 11 is 0. The van der Waals surface area contributed by atoms with Crippen molar-refractivity contribution >= 4 is 0 Å². The van der Waals surface area contributed by atoms with Gasteiger partial charge in [0.15, 0.2) is 5.82 Å². The van der Waals surface area contributed by atoms with Crippen molar-refractivity contribution < 1.29 is 4.74 Å². The van der Waals surface area contributed by atoms with Gasteiger partial charge >= 0.3 is 0 Å². The average Bonchev–Trinajstić information content (AvgIpc) is 2.43. The summed E-state index contributed by atoms with van der Waals surface area (Å²) in [6, 6.07) is 3.95. The summed E-state index contributed by atoms with van der Waals surface area (Å²) in [5, 5.41) is 3.30. The van der Waals surface area contributed by atoms with Crippen LogP contribution in [-0.2, 0) is 11.3 Å². The first-order valence-electron chi connectivity index (χ1n) is 6.66. The largest absolute Gasteiger partial charge is 0.383 e. The predicted octanol–water partition coefficient (Wildman–Crippen LogP) is 1.89. The molecule has 0 unspecified atom stereocenters. The van der Waals surface area contributed by atoms with Crippen LogP contribution in [0.15, 0.2) is 24.5 Å². The van der Waals surface area contributed by atoms with Gasteiger partial charge in [0.2, 0.25) is 0 Å². The summed E-state index contributed by atoms with van der Waals surface area (Å²) in [6.07, 6.45) is 3.60. The molecule has 0 aliphatic rings. The Morgan fingerprint density at radius 1 is 1.25 bits per heavy atom.